The number of amides is 1. The number of nitrogens with two attached hydrogens (primary N) is 1. The number of anilines is 1. The number of carbonyl (C=O) groups excluding carboxylic acids is 1. The third-order valence-corrected chi connectivity index (χ3v) is 8.02. The molecule has 0 spiro atoms. The fourth-order valence-electron chi connectivity index (χ4n) is 3.43. The number of benzene rings is 1. The van der Waals surface area contributed by atoms with Crippen molar-refractivity contribution in [2.24, 2.45) is 16.6 Å². The van der Waals surface area contributed by atoms with Crippen molar-refractivity contribution in [3.05, 3.63) is 29.6 Å². The second kappa shape index (κ2) is 6.81. The van der Waals surface area contributed by atoms with Crippen LogP contribution in [0.3, 0.4) is 0 Å². The van der Waals surface area contributed by atoms with Gasteiger partial charge in [-0.25, -0.2) is 17.1 Å². The second-order valence-electron chi connectivity index (χ2n) is 8.43. The first-order valence-electron chi connectivity index (χ1n) is 9.28. The SMILES string of the molecule is CN1C[C@@](C)(c2cc(NC(=O)CC3CC3)ccc2F)N=C(N)C(C)(C)S1(=O)=O. The van der Waals surface area contributed by atoms with Crippen LogP contribution in [0.2, 0.25) is 0 Å². The van der Waals surface area contributed by atoms with E-state index in [0.717, 1.165) is 17.1 Å². The van der Waals surface area contributed by atoms with Crippen molar-refractivity contribution in [3.8, 4) is 0 Å². The number of halogens is 1. The number of likely N-dealkylation sites (N-methyl/N-ethyl adjacent to an activating group) is 1. The predicted octanol–water partition coefficient (Wildman–Crippen LogP) is 2.19. The van der Waals surface area contributed by atoms with E-state index in [1.165, 1.54) is 39.1 Å². The van der Waals surface area contributed by atoms with Crippen LogP contribution in [0, 0.1) is 11.7 Å². The molecule has 1 amide bonds. The van der Waals surface area contributed by atoms with Gasteiger partial charge in [0.2, 0.25) is 15.9 Å². The summed E-state index contributed by atoms with van der Waals surface area (Å²) in [5, 5.41) is 2.79. The Kier molecular flexibility index (Phi) is 5.04. The molecular formula is C19H27FN4O3S. The average Bonchev–Trinajstić information content (AvgIpc) is 3.39. The molecule has 0 saturated heterocycles. The molecule has 1 aliphatic carbocycles. The lowest BCUT2D eigenvalue weighted by Gasteiger charge is -2.29. The third-order valence-electron chi connectivity index (χ3n) is 5.57. The van der Waals surface area contributed by atoms with Crippen LogP contribution in [0.4, 0.5) is 10.1 Å². The lowest BCUT2D eigenvalue weighted by molar-refractivity contribution is -0.116. The van der Waals surface area contributed by atoms with E-state index < -0.39 is 26.1 Å². The summed E-state index contributed by atoms with van der Waals surface area (Å²) in [6, 6.07) is 4.25. The van der Waals surface area contributed by atoms with Crippen LogP contribution < -0.4 is 11.1 Å². The monoisotopic (exact) mass is 410 g/mol. The van der Waals surface area contributed by atoms with Gasteiger partial charge in [-0.2, -0.15) is 0 Å². The lowest BCUT2D eigenvalue weighted by Crippen LogP contribution is -2.50. The van der Waals surface area contributed by atoms with Crippen LogP contribution >= 0.6 is 0 Å². The highest BCUT2D eigenvalue weighted by Crippen LogP contribution is 2.37. The molecule has 9 heteroatoms. The molecule has 0 bridgehead atoms. The molecule has 28 heavy (non-hydrogen) atoms. The Labute approximate surface area is 165 Å². The van der Waals surface area contributed by atoms with E-state index >= 15 is 0 Å². The predicted molar refractivity (Wildman–Crippen MR) is 107 cm³/mol. The van der Waals surface area contributed by atoms with Crippen LogP contribution in [0.15, 0.2) is 23.2 Å². The van der Waals surface area contributed by atoms with Crippen LogP contribution in [-0.4, -0.2) is 42.8 Å². The normalized spacial score (nSPS) is 27.0. The van der Waals surface area contributed by atoms with Crippen LogP contribution in [-0.2, 0) is 20.4 Å². The minimum atomic E-state index is -3.77. The Morgan fingerprint density at radius 3 is 2.61 bits per heavy atom. The molecule has 1 heterocycles. The van der Waals surface area contributed by atoms with Gasteiger partial charge in [0.1, 0.15) is 21.9 Å². The van der Waals surface area contributed by atoms with Gasteiger partial charge in [-0.05, 0) is 57.7 Å². The molecule has 0 aromatic heterocycles. The van der Waals surface area contributed by atoms with Crippen molar-refractivity contribution in [1.29, 1.82) is 0 Å². The standard InChI is InChI=1S/C19H27FN4O3S/c1-18(2)17(21)23-19(3,11-24(4)28(18,26)27)14-10-13(7-8-15(14)20)22-16(25)9-12-5-6-12/h7-8,10,12H,5-6,9,11H2,1-4H3,(H2,21,23)(H,22,25)/t19-/m0/s1. The fourth-order valence-corrected chi connectivity index (χ4v) is 4.94. The Hall–Kier alpha value is -2.00. The van der Waals surface area contributed by atoms with Crippen molar-refractivity contribution in [3.63, 3.8) is 0 Å². The Bertz CT molecular complexity index is 940. The number of amidine groups is 1. The molecule has 1 fully saturated rings. The van der Waals surface area contributed by atoms with E-state index in [0.29, 0.717) is 18.0 Å². The van der Waals surface area contributed by atoms with Crippen LogP contribution in [0.25, 0.3) is 0 Å². The van der Waals surface area contributed by atoms with Gasteiger partial charge in [0.15, 0.2) is 0 Å². The van der Waals surface area contributed by atoms with Crippen LogP contribution in [0.5, 0.6) is 0 Å². The van der Waals surface area contributed by atoms with Crippen molar-refractivity contribution >= 4 is 27.5 Å². The minimum Gasteiger partial charge on any atom is -0.386 e. The Morgan fingerprint density at radius 2 is 2.00 bits per heavy atom. The number of sulfonamides is 1. The smallest absolute Gasteiger partial charge is 0.226 e. The van der Waals surface area contributed by atoms with Crippen molar-refractivity contribution < 1.29 is 17.6 Å². The number of hydrogen-bond donors (Lipinski definition) is 2. The number of rotatable bonds is 4. The number of aliphatic imine (C=N–C) groups is 1. The molecule has 3 rings (SSSR count). The van der Waals surface area contributed by atoms with Gasteiger partial charge in [-0.3, -0.25) is 9.79 Å². The zero-order valence-corrected chi connectivity index (χ0v) is 17.4. The Morgan fingerprint density at radius 1 is 1.36 bits per heavy atom. The van der Waals surface area contributed by atoms with Crippen LogP contribution in [0.1, 0.15) is 45.6 Å². The molecular weight excluding hydrogens is 383 g/mol. The first-order chi connectivity index (χ1) is 12.9. The first kappa shape index (κ1) is 20.7. The number of carbonyl (C=O) groups is 1. The molecule has 1 atom stereocenters. The van der Waals surface area contributed by atoms with E-state index in [-0.39, 0.29) is 23.9 Å². The van der Waals surface area contributed by atoms with Gasteiger partial charge in [0.25, 0.3) is 0 Å². The summed E-state index contributed by atoms with van der Waals surface area (Å²) in [5.41, 5.74) is 5.44. The maximum Gasteiger partial charge on any atom is 0.226 e. The summed E-state index contributed by atoms with van der Waals surface area (Å²) in [4.78, 5) is 16.5. The molecule has 0 unspecified atom stereocenters. The molecule has 1 aromatic rings. The largest absolute Gasteiger partial charge is 0.386 e. The zero-order valence-electron chi connectivity index (χ0n) is 16.6. The van der Waals surface area contributed by atoms with Crippen molar-refractivity contribution in [2.45, 2.75) is 50.3 Å². The van der Waals surface area contributed by atoms with Gasteiger partial charge in [0.05, 0.1) is 0 Å². The molecule has 2 aliphatic rings. The Balaban J connectivity index is 1.99. The molecule has 3 N–H and O–H groups in total. The summed E-state index contributed by atoms with van der Waals surface area (Å²) in [5.74, 6) is -0.300. The lowest BCUT2D eigenvalue weighted by atomic mass is 9.91. The molecule has 7 nitrogen and oxygen atoms in total. The highest BCUT2D eigenvalue weighted by atomic mass is 32.2. The molecule has 154 valence electrons. The van der Waals surface area contributed by atoms with Crippen molar-refractivity contribution in [1.82, 2.24) is 4.31 Å². The summed E-state index contributed by atoms with van der Waals surface area (Å²) >= 11 is 0. The van der Waals surface area contributed by atoms with E-state index in [4.69, 9.17) is 5.73 Å². The van der Waals surface area contributed by atoms with Gasteiger partial charge < -0.3 is 11.1 Å². The van der Waals surface area contributed by atoms with Gasteiger partial charge >= 0.3 is 0 Å². The van der Waals surface area contributed by atoms with Crippen molar-refractivity contribution in [2.75, 3.05) is 18.9 Å². The second-order valence-corrected chi connectivity index (χ2v) is 11.0. The van der Waals surface area contributed by atoms with E-state index in [9.17, 15) is 17.6 Å². The average molecular weight is 411 g/mol. The summed E-state index contributed by atoms with van der Waals surface area (Å²) in [7, 11) is -2.33. The number of nitrogens with one attached hydrogen (secondary N) is 1. The van der Waals surface area contributed by atoms with E-state index in [1.807, 2.05) is 0 Å². The topological polar surface area (TPSA) is 105 Å². The highest BCUT2D eigenvalue weighted by molar-refractivity contribution is 7.91. The molecule has 1 saturated carbocycles. The fraction of sp³-hybridized carbons (Fsp3) is 0.579. The quantitative estimate of drug-likeness (QED) is 0.794. The minimum absolute atomic E-state index is 0.0736. The number of hydrogen-bond acceptors (Lipinski definition) is 5. The summed E-state index contributed by atoms with van der Waals surface area (Å²) in [6.45, 7) is 4.53. The molecule has 1 aliphatic heterocycles. The van der Waals surface area contributed by atoms with E-state index in [1.54, 1.807) is 6.92 Å². The van der Waals surface area contributed by atoms with Gasteiger partial charge in [0, 0.05) is 31.3 Å². The molecule has 0 radical (unpaired) electrons. The maximum absolute atomic E-state index is 14.7. The highest BCUT2D eigenvalue weighted by Gasteiger charge is 2.48. The first-order valence-corrected chi connectivity index (χ1v) is 10.7. The maximum atomic E-state index is 14.7. The summed E-state index contributed by atoms with van der Waals surface area (Å²) in [6.07, 6.45) is 2.57. The number of nitrogens with zero attached hydrogens (tertiary/aromatic N) is 2. The van der Waals surface area contributed by atoms with E-state index in [2.05, 4.69) is 10.3 Å². The van der Waals surface area contributed by atoms with Gasteiger partial charge in [-0.1, -0.05) is 0 Å². The zero-order chi connectivity index (χ0) is 20.9. The molecule has 1 aromatic carbocycles. The van der Waals surface area contributed by atoms with Gasteiger partial charge in [-0.15, -0.1) is 0 Å². The summed E-state index contributed by atoms with van der Waals surface area (Å²) < 4.78 is 40.1. The third kappa shape index (κ3) is 3.65.